The first kappa shape index (κ1) is 12.6. The van der Waals surface area contributed by atoms with Crippen LogP contribution in [0.5, 0.6) is 0 Å². The molecular weight excluding hydrogens is 242 g/mol. The molecule has 0 aliphatic carbocycles. The molecule has 2 N–H and O–H groups in total. The molecule has 3 atom stereocenters. The number of thiophene rings is 1. The van der Waals surface area contributed by atoms with Gasteiger partial charge in [0.1, 0.15) is 0 Å². The predicted octanol–water partition coefficient (Wildman–Crippen LogP) is 1.92. The van der Waals surface area contributed by atoms with Crippen molar-refractivity contribution in [3.63, 3.8) is 0 Å². The zero-order valence-corrected chi connectivity index (χ0v) is 11.9. The van der Waals surface area contributed by atoms with Crippen molar-refractivity contribution >= 4 is 11.3 Å². The van der Waals surface area contributed by atoms with Crippen LogP contribution in [0.25, 0.3) is 0 Å². The van der Waals surface area contributed by atoms with Gasteiger partial charge in [-0.3, -0.25) is 9.80 Å². The van der Waals surface area contributed by atoms with Gasteiger partial charge in [-0.05, 0) is 44.3 Å². The third-order valence-electron chi connectivity index (χ3n) is 4.60. The SMILES string of the molecule is CN1C2CCC1CN(CC(N)c1cccs1)CC2. The van der Waals surface area contributed by atoms with Crippen molar-refractivity contribution in [1.82, 2.24) is 9.80 Å². The molecule has 18 heavy (non-hydrogen) atoms. The zero-order valence-electron chi connectivity index (χ0n) is 11.1. The molecule has 3 unspecified atom stereocenters. The van der Waals surface area contributed by atoms with Gasteiger partial charge >= 0.3 is 0 Å². The lowest BCUT2D eigenvalue weighted by Crippen LogP contribution is -2.39. The van der Waals surface area contributed by atoms with Gasteiger partial charge in [-0.25, -0.2) is 0 Å². The molecule has 2 aliphatic heterocycles. The van der Waals surface area contributed by atoms with Crippen molar-refractivity contribution in [1.29, 1.82) is 0 Å². The second kappa shape index (κ2) is 5.29. The monoisotopic (exact) mass is 265 g/mol. The zero-order chi connectivity index (χ0) is 12.5. The molecule has 3 rings (SSSR count). The first-order valence-corrected chi connectivity index (χ1v) is 7.85. The fourth-order valence-corrected chi connectivity index (χ4v) is 4.14. The minimum atomic E-state index is 0.187. The van der Waals surface area contributed by atoms with Crippen LogP contribution < -0.4 is 5.73 Å². The molecule has 100 valence electrons. The fraction of sp³-hybridized carbons (Fsp3) is 0.714. The van der Waals surface area contributed by atoms with Crippen molar-refractivity contribution in [2.75, 3.05) is 26.7 Å². The molecular formula is C14H23N3S. The third kappa shape index (κ3) is 2.48. The molecule has 0 radical (unpaired) electrons. The standard InChI is InChI=1S/C14H23N3S/c1-16-11-4-5-12(16)9-17(7-6-11)10-13(15)14-3-2-8-18-14/h2-3,8,11-13H,4-7,9-10,15H2,1H3. The van der Waals surface area contributed by atoms with E-state index in [9.17, 15) is 0 Å². The lowest BCUT2D eigenvalue weighted by molar-refractivity contribution is 0.212. The van der Waals surface area contributed by atoms with Crippen LogP contribution in [-0.4, -0.2) is 48.6 Å². The van der Waals surface area contributed by atoms with E-state index >= 15 is 0 Å². The second-order valence-corrected chi connectivity index (χ2v) is 6.70. The lowest BCUT2D eigenvalue weighted by atomic mass is 10.1. The van der Waals surface area contributed by atoms with Crippen LogP contribution in [0.3, 0.4) is 0 Å². The Morgan fingerprint density at radius 3 is 3.00 bits per heavy atom. The van der Waals surface area contributed by atoms with E-state index in [2.05, 4.69) is 34.4 Å². The minimum absolute atomic E-state index is 0.187. The molecule has 3 nitrogen and oxygen atoms in total. The molecule has 0 amide bonds. The number of hydrogen-bond donors (Lipinski definition) is 1. The number of fused-ring (bicyclic) bond motifs is 2. The van der Waals surface area contributed by atoms with Gasteiger partial charge in [-0.1, -0.05) is 6.07 Å². The largest absolute Gasteiger partial charge is 0.322 e. The van der Waals surface area contributed by atoms with E-state index in [1.807, 2.05) is 0 Å². The molecule has 2 fully saturated rings. The summed E-state index contributed by atoms with van der Waals surface area (Å²) in [6.07, 6.45) is 4.07. The molecule has 0 spiro atoms. The molecule has 2 saturated heterocycles. The number of rotatable bonds is 3. The quantitative estimate of drug-likeness (QED) is 0.906. The summed E-state index contributed by atoms with van der Waals surface area (Å²) in [4.78, 5) is 6.49. The highest BCUT2D eigenvalue weighted by Crippen LogP contribution is 2.29. The first-order chi connectivity index (χ1) is 8.74. The van der Waals surface area contributed by atoms with Gasteiger partial charge in [-0.2, -0.15) is 0 Å². The number of likely N-dealkylation sites (N-methyl/N-ethyl adjacent to an activating group) is 1. The van der Waals surface area contributed by atoms with E-state index in [0.29, 0.717) is 0 Å². The summed E-state index contributed by atoms with van der Waals surface area (Å²) in [6, 6.07) is 6.02. The van der Waals surface area contributed by atoms with Gasteiger partial charge in [0.2, 0.25) is 0 Å². The summed E-state index contributed by atoms with van der Waals surface area (Å²) in [5.74, 6) is 0. The Balaban J connectivity index is 1.60. The molecule has 2 aliphatic rings. The van der Waals surface area contributed by atoms with Crippen LogP contribution in [0, 0.1) is 0 Å². The molecule has 0 saturated carbocycles. The van der Waals surface area contributed by atoms with E-state index in [1.54, 1.807) is 11.3 Å². The summed E-state index contributed by atoms with van der Waals surface area (Å²) < 4.78 is 0. The molecule has 3 heterocycles. The Morgan fingerprint density at radius 2 is 2.22 bits per heavy atom. The highest BCUT2D eigenvalue weighted by molar-refractivity contribution is 7.10. The predicted molar refractivity (Wildman–Crippen MR) is 76.9 cm³/mol. The van der Waals surface area contributed by atoms with Crippen molar-refractivity contribution in [2.24, 2.45) is 5.73 Å². The molecule has 1 aromatic heterocycles. The molecule has 0 aromatic carbocycles. The van der Waals surface area contributed by atoms with E-state index in [4.69, 9.17) is 5.73 Å². The first-order valence-electron chi connectivity index (χ1n) is 6.97. The average molecular weight is 265 g/mol. The van der Waals surface area contributed by atoms with Crippen molar-refractivity contribution < 1.29 is 0 Å². The van der Waals surface area contributed by atoms with Crippen LogP contribution >= 0.6 is 11.3 Å². The summed E-state index contributed by atoms with van der Waals surface area (Å²) in [5, 5.41) is 2.12. The number of hydrogen-bond acceptors (Lipinski definition) is 4. The Kier molecular flexibility index (Phi) is 3.71. The Labute approximate surface area is 114 Å². The van der Waals surface area contributed by atoms with Crippen LogP contribution in [0.4, 0.5) is 0 Å². The maximum absolute atomic E-state index is 6.31. The fourth-order valence-electron chi connectivity index (χ4n) is 3.42. The highest BCUT2D eigenvalue weighted by Gasteiger charge is 2.34. The normalized spacial score (nSPS) is 31.4. The molecule has 1 aromatic rings. The van der Waals surface area contributed by atoms with Crippen molar-refractivity contribution in [2.45, 2.75) is 37.4 Å². The third-order valence-corrected chi connectivity index (χ3v) is 5.60. The van der Waals surface area contributed by atoms with Gasteiger partial charge in [0.25, 0.3) is 0 Å². The van der Waals surface area contributed by atoms with E-state index < -0.39 is 0 Å². The van der Waals surface area contributed by atoms with Gasteiger partial charge < -0.3 is 5.73 Å². The van der Waals surface area contributed by atoms with Crippen LogP contribution in [0.15, 0.2) is 17.5 Å². The van der Waals surface area contributed by atoms with E-state index in [-0.39, 0.29) is 6.04 Å². The summed E-state index contributed by atoms with van der Waals surface area (Å²) >= 11 is 1.78. The van der Waals surface area contributed by atoms with Crippen LogP contribution in [0.1, 0.15) is 30.2 Å². The molecule has 2 bridgehead atoms. The number of nitrogens with zero attached hydrogens (tertiary/aromatic N) is 2. The topological polar surface area (TPSA) is 32.5 Å². The van der Waals surface area contributed by atoms with Gasteiger partial charge in [0.05, 0.1) is 6.04 Å². The van der Waals surface area contributed by atoms with Crippen molar-refractivity contribution in [3.05, 3.63) is 22.4 Å². The highest BCUT2D eigenvalue weighted by atomic mass is 32.1. The Hall–Kier alpha value is -0.420. The van der Waals surface area contributed by atoms with E-state index in [0.717, 1.165) is 18.6 Å². The van der Waals surface area contributed by atoms with E-state index in [1.165, 1.54) is 37.2 Å². The van der Waals surface area contributed by atoms with Gasteiger partial charge in [0.15, 0.2) is 0 Å². The van der Waals surface area contributed by atoms with Crippen LogP contribution in [-0.2, 0) is 0 Å². The Bertz CT molecular complexity index is 378. The minimum Gasteiger partial charge on any atom is -0.322 e. The number of likely N-dealkylation sites (tertiary alicyclic amines) is 1. The summed E-state index contributed by atoms with van der Waals surface area (Å²) in [7, 11) is 2.30. The maximum atomic E-state index is 6.31. The second-order valence-electron chi connectivity index (χ2n) is 5.72. The maximum Gasteiger partial charge on any atom is 0.0519 e. The average Bonchev–Trinajstić information content (AvgIpc) is 2.93. The summed E-state index contributed by atoms with van der Waals surface area (Å²) in [6.45, 7) is 3.42. The van der Waals surface area contributed by atoms with Crippen LogP contribution in [0.2, 0.25) is 0 Å². The van der Waals surface area contributed by atoms with Gasteiger partial charge in [-0.15, -0.1) is 11.3 Å². The molecule has 4 heteroatoms. The Morgan fingerprint density at radius 1 is 1.39 bits per heavy atom. The van der Waals surface area contributed by atoms with Crippen molar-refractivity contribution in [3.8, 4) is 0 Å². The number of nitrogens with two attached hydrogens (primary N) is 1. The smallest absolute Gasteiger partial charge is 0.0519 e. The lowest BCUT2D eigenvalue weighted by Gasteiger charge is -2.27. The van der Waals surface area contributed by atoms with Gasteiger partial charge in [0, 0.05) is 30.1 Å². The summed E-state index contributed by atoms with van der Waals surface area (Å²) in [5.41, 5.74) is 6.31.